The zero-order chi connectivity index (χ0) is 17.0. The molecule has 0 N–H and O–H groups in total. The minimum Gasteiger partial charge on any atom is -0.365 e. The first-order valence-electron chi connectivity index (χ1n) is 9.05. The van der Waals surface area contributed by atoms with Gasteiger partial charge in [0.15, 0.2) is 0 Å². The van der Waals surface area contributed by atoms with Gasteiger partial charge in [0, 0.05) is 34.9 Å². The van der Waals surface area contributed by atoms with Gasteiger partial charge in [0.1, 0.15) is 6.10 Å². The van der Waals surface area contributed by atoms with E-state index in [1.165, 1.54) is 29.7 Å². The average Bonchev–Trinajstić information content (AvgIpc) is 3.14. The highest BCUT2D eigenvalue weighted by Gasteiger charge is 2.39. The SMILES string of the molecule is Cn1c(=O)cc([C@@H]2O[C@H]3CCCC[C@H]3c3sccc32)c2ccccc21. The van der Waals surface area contributed by atoms with Crippen LogP contribution in [-0.2, 0) is 11.8 Å². The molecule has 1 aliphatic heterocycles. The highest BCUT2D eigenvalue weighted by molar-refractivity contribution is 7.10. The van der Waals surface area contributed by atoms with Gasteiger partial charge in [-0.2, -0.15) is 0 Å². The minimum absolute atomic E-state index is 0.0276. The van der Waals surface area contributed by atoms with E-state index in [2.05, 4.69) is 17.5 Å². The van der Waals surface area contributed by atoms with Gasteiger partial charge < -0.3 is 9.30 Å². The number of nitrogens with zero attached hydrogens (tertiary/aromatic N) is 1. The maximum atomic E-state index is 12.5. The fourth-order valence-corrected chi connectivity index (χ4v) is 5.67. The number of pyridine rings is 1. The Labute approximate surface area is 150 Å². The third-order valence-corrected chi connectivity index (χ3v) is 6.89. The van der Waals surface area contributed by atoms with Crippen molar-refractivity contribution in [1.82, 2.24) is 4.57 Å². The monoisotopic (exact) mass is 351 g/mol. The van der Waals surface area contributed by atoms with Gasteiger partial charge in [-0.05, 0) is 35.9 Å². The Morgan fingerprint density at radius 3 is 2.88 bits per heavy atom. The summed E-state index contributed by atoms with van der Waals surface area (Å²) in [6.45, 7) is 0. The lowest BCUT2D eigenvalue weighted by atomic mass is 9.80. The zero-order valence-corrected chi connectivity index (χ0v) is 15.1. The highest BCUT2D eigenvalue weighted by atomic mass is 32.1. The maximum absolute atomic E-state index is 12.5. The zero-order valence-electron chi connectivity index (χ0n) is 14.3. The van der Waals surface area contributed by atoms with Crippen LogP contribution in [0, 0.1) is 0 Å². The van der Waals surface area contributed by atoms with E-state index in [0.717, 1.165) is 22.9 Å². The molecule has 3 atom stereocenters. The summed E-state index contributed by atoms with van der Waals surface area (Å²) in [6, 6.07) is 12.1. The van der Waals surface area contributed by atoms with E-state index in [0.29, 0.717) is 5.92 Å². The molecule has 1 aromatic carbocycles. The summed E-state index contributed by atoms with van der Waals surface area (Å²) >= 11 is 1.86. The lowest BCUT2D eigenvalue weighted by Crippen LogP contribution is -2.33. The summed E-state index contributed by atoms with van der Waals surface area (Å²) in [5.74, 6) is 0.540. The Kier molecular flexibility index (Phi) is 3.57. The van der Waals surface area contributed by atoms with Gasteiger partial charge in [-0.15, -0.1) is 11.3 Å². The Morgan fingerprint density at radius 1 is 1.12 bits per heavy atom. The number of aromatic nitrogens is 1. The smallest absolute Gasteiger partial charge is 0.251 e. The summed E-state index contributed by atoms with van der Waals surface area (Å²) in [6.07, 6.45) is 5.05. The molecule has 4 heteroatoms. The van der Waals surface area contributed by atoms with Crippen LogP contribution in [0.3, 0.4) is 0 Å². The van der Waals surface area contributed by atoms with Crippen molar-refractivity contribution >= 4 is 22.2 Å². The summed E-state index contributed by atoms with van der Waals surface area (Å²) in [4.78, 5) is 14.0. The van der Waals surface area contributed by atoms with Gasteiger partial charge in [-0.3, -0.25) is 4.79 Å². The predicted octanol–water partition coefficient (Wildman–Crippen LogP) is 4.75. The van der Waals surface area contributed by atoms with Crippen molar-refractivity contribution < 1.29 is 4.74 Å². The van der Waals surface area contributed by atoms with Crippen LogP contribution >= 0.6 is 11.3 Å². The van der Waals surface area contributed by atoms with Crippen molar-refractivity contribution in [2.45, 2.75) is 43.8 Å². The van der Waals surface area contributed by atoms with Crippen LogP contribution in [0.2, 0.25) is 0 Å². The predicted molar refractivity (Wildman–Crippen MR) is 101 cm³/mol. The molecule has 0 amide bonds. The third kappa shape index (κ3) is 2.31. The van der Waals surface area contributed by atoms with E-state index in [4.69, 9.17) is 4.74 Å². The summed E-state index contributed by atoms with van der Waals surface area (Å²) in [7, 11) is 1.84. The van der Waals surface area contributed by atoms with Gasteiger partial charge in [-0.1, -0.05) is 31.0 Å². The number of para-hydroxylation sites is 1. The molecule has 3 heterocycles. The van der Waals surface area contributed by atoms with E-state index in [1.54, 1.807) is 10.6 Å². The largest absolute Gasteiger partial charge is 0.365 e. The van der Waals surface area contributed by atoms with Crippen molar-refractivity contribution in [1.29, 1.82) is 0 Å². The molecule has 128 valence electrons. The Hall–Kier alpha value is -1.91. The number of hydrogen-bond donors (Lipinski definition) is 0. The number of aryl methyl sites for hydroxylation is 1. The van der Waals surface area contributed by atoms with E-state index in [9.17, 15) is 4.79 Å². The topological polar surface area (TPSA) is 31.2 Å². The second-order valence-corrected chi connectivity index (χ2v) is 8.15. The normalized spacial score (nSPS) is 25.6. The van der Waals surface area contributed by atoms with Gasteiger partial charge in [0.05, 0.1) is 11.6 Å². The fourth-order valence-electron chi connectivity index (χ4n) is 4.55. The quantitative estimate of drug-likeness (QED) is 0.634. The molecule has 0 saturated heterocycles. The van der Waals surface area contributed by atoms with Crippen molar-refractivity contribution in [2.24, 2.45) is 7.05 Å². The molecule has 0 spiro atoms. The molecule has 3 aromatic rings. The molecule has 0 bridgehead atoms. The molecule has 0 unspecified atom stereocenters. The molecule has 5 rings (SSSR count). The number of hydrogen-bond acceptors (Lipinski definition) is 3. The summed E-state index contributed by atoms with van der Waals surface area (Å²) < 4.78 is 8.34. The molecule has 0 radical (unpaired) electrons. The lowest BCUT2D eigenvalue weighted by Gasteiger charge is -2.39. The van der Waals surface area contributed by atoms with E-state index >= 15 is 0 Å². The van der Waals surface area contributed by atoms with E-state index in [1.807, 2.05) is 36.6 Å². The van der Waals surface area contributed by atoms with Gasteiger partial charge in [-0.25, -0.2) is 0 Å². The molecule has 25 heavy (non-hydrogen) atoms. The van der Waals surface area contributed by atoms with Crippen molar-refractivity contribution in [3.8, 4) is 0 Å². The summed E-state index contributed by atoms with van der Waals surface area (Å²) in [5, 5.41) is 3.29. The number of ether oxygens (including phenoxy) is 1. The molecule has 2 aromatic heterocycles. The van der Waals surface area contributed by atoms with Crippen LogP contribution in [0.1, 0.15) is 53.7 Å². The summed E-state index contributed by atoms with van der Waals surface area (Å²) in [5.41, 5.74) is 3.28. The Balaban J connectivity index is 1.73. The van der Waals surface area contributed by atoms with Crippen LogP contribution < -0.4 is 5.56 Å². The molecule has 1 fully saturated rings. The molecule has 1 aliphatic carbocycles. The van der Waals surface area contributed by atoms with Crippen molar-refractivity contribution in [3.05, 3.63) is 68.1 Å². The van der Waals surface area contributed by atoms with E-state index < -0.39 is 0 Å². The van der Waals surface area contributed by atoms with Gasteiger partial charge in [0.25, 0.3) is 5.56 Å². The first kappa shape index (κ1) is 15.4. The number of thiophene rings is 1. The molecule has 2 aliphatic rings. The van der Waals surface area contributed by atoms with Crippen molar-refractivity contribution in [2.75, 3.05) is 0 Å². The average molecular weight is 351 g/mol. The Bertz CT molecular complexity index is 1000. The number of benzene rings is 1. The highest BCUT2D eigenvalue weighted by Crippen LogP contribution is 2.49. The van der Waals surface area contributed by atoms with Crippen molar-refractivity contribution in [3.63, 3.8) is 0 Å². The lowest BCUT2D eigenvalue weighted by molar-refractivity contribution is -0.0368. The molecular formula is C21H21NO2S. The van der Waals surface area contributed by atoms with E-state index in [-0.39, 0.29) is 17.8 Å². The number of fused-ring (bicyclic) bond motifs is 4. The second-order valence-electron chi connectivity index (χ2n) is 7.20. The first-order valence-corrected chi connectivity index (χ1v) is 9.93. The van der Waals surface area contributed by atoms with Crippen LogP contribution in [0.25, 0.3) is 10.9 Å². The number of rotatable bonds is 1. The molecule has 3 nitrogen and oxygen atoms in total. The first-order chi connectivity index (χ1) is 12.2. The second kappa shape index (κ2) is 5.82. The standard InChI is InChI=1S/C21H21NO2S/c1-22-17-8-4-2-6-13(17)16(12-19(22)23)20-15-10-11-25-21(15)14-7-3-5-9-18(14)24-20/h2,4,6,8,10-12,14,18,20H,3,5,7,9H2,1H3/t14-,18+,20-/m1/s1. The van der Waals surface area contributed by atoms with Gasteiger partial charge in [0.2, 0.25) is 0 Å². The Morgan fingerprint density at radius 2 is 1.96 bits per heavy atom. The maximum Gasteiger partial charge on any atom is 0.251 e. The van der Waals surface area contributed by atoms with Gasteiger partial charge >= 0.3 is 0 Å². The van der Waals surface area contributed by atoms with Crippen LogP contribution in [0.4, 0.5) is 0 Å². The van der Waals surface area contributed by atoms with Crippen LogP contribution in [0.15, 0.2) is 46.6 Å². The molecule has 1 saturated carbocycles. The third-order valence-electron chi connectivity index (χ3n) is 5.83. The van der Waals surface area contributed by atoms with Crippen LogP contribution in [0.5, 0.6) is 0 Å². The molecular weight excluding hydrogens is 330 g/mol. The fraction of sp³-hybridized carbons (Fsp3) is 0.381. The minimum atomic E-state index is -0.126. The van der Waals surface area contributed by atoms with Crippen LogP contribution in [-0.4, -0.2) is 10.7 Å².